The van der Waals surface area contributed by atoms with E-state index in [0.717, 1.165) is 46.5 Å². The largest absolute Gasteiger partial charge is 0.488 e. The van der Waals surface area contributed by atoms with Gasteiger partial charge in [0.25, 0.3) is 11.1 Å². The van der Waals surface area contributed by atoms with Crippen molar-refractivity contribution in [2.45, 2.75) is 19.4 Å². The van der Waals surface area contributed by atoms with Crippen molar-refractivity contribution in [2.24, 2.45) is 0 Å². The lowest BCUT2D eigenvalue weighted by molar-refractivity contribution is -0.122. The maximum absolute atomic E-state index is 13.2. The van der Waals surface area contributed by atoms with Crippen LogP contribution in [-0.2, 0) is 17.8 Å². The van der Waals surface area contributed by atoms with Crippen LogP contribution in [0.15, 0.2) is 95.9 Å². The Morgan fingerprint density at radius 2 is 1.61 bits per heavy atom. The second-order valence-electron chi connectivity index (χ2n) is 8.50. The van der Waals surface area contributed by atoms with Crippen molar-refractivity contribution in [3.63, 3.8) is 0 Å². The van der Waals surface area contributed by atoms with Gasteiger partial charge >= 0.3 is 0 Å². The van der Waals surface area contributed by atoms with E-state index < -0.39 is 0 Å². The highest BCUT2D eigenvalue weighted by atomic mass is 35.5. The van der Waals surface area contributed by atoms with Gasteiger partial charge in [0.2, 0.25) is 0 Å². The van der Waals surface area contributed by atoms with Gasteiger partial charge in [-0.05, 0) is 59.1 Å². The molecule has 1 aliphatic rings. The van der Waals surface area contributed by atoms with Crippen molar-refractivity contribution in [2.75, 3.05) is 6.54 Å². The number of rotatable bonds is 8. The highest BCUT2D eigenvalue weighted by molar-refractivity contribution is 8.18. The molecule has 6 heteroatoms. The standard InChI is InChI=1S/C30H24ClNO3S/c31-26-15-7-5-13-23(26)20-35-27-17-16-22-12-4-6-14-24(22)25(27)19-28-29(33)32(30(34)36-28)18-8-11-21-9-2-1-3-10-21/h1-7,9-10,12-17,19H,8,11,18,20H2/b28-19+. The lowest BCUT2D eigenvalue weighted by Crippen LogP contribution is -2.29. The fourth-order valence-electron chi connectivity index (χ4n) is 4.23. The number of amides is 2. The molecule has 180 valence electrons. The molecule has 0 saturated carbocycles. The molecular formula is C30H24ClNO3S. The molecule has 0 aromatic heterocycles. The lowest BCUT2D eigenvalue weighted by Gasteiger charge is -2.14. The molecule has 1 heterocycles. The number of carbonyl (C=O) groups excluding carboxylic acids is 2. The molecule has 0 N–H and O–H groups in total. The van der Waals surface area contributed by atoms with Crippen LogP contribution in [-0.4, -0.2) is 22.6 Å². The average molecular weight is 514 g/mol. The number of imide groups is 1. The third-order valence-electron chi connectivity index (χ3n) is 6.11. The molecule has 0 bridgehead atoms. The van der Waals surface area contributed by atoms with Gasteiger partial charge in [-0.1, -0.05) is 90.5 Å². The highest BCUT2D eigenvalue weighted by Crippen LogP contribution is 2.37. The molecule has 0 aliphatic carbocycles. The number of thioether (sulfide) groups is 1. The van der Waals surface area contributed by atoms with Gasteiger partial charge in [0.15, 0.2) is 0 Å². The van der Waals surface area contributed by atoms with Gasteiger partial charge in [0.05, 0.1) is 4.91 Å². The second kappa shape index (κ2) is 11.0. The number of benzene rings is 4. The lowest BCUT2D eigenvalue weighted by atomic mass is 10.0. The Labute approximate surface area is 219 Å². The van der Waals surface area contributed by atoms with Crippen molar-refractivity contribution in [3.8, 4) is 5.75 Å². The zero-order chi connectivity index (χ0) is 24.9. The minimum atomic E-state index is -0.261. The van der Waals surface area contributed by atoms with E-state index in [2.05, 4.69) is 12.1 Å². The molecule has 0 spiro atoms. The highest BCUT2D eigenvalue weighted by Gasteiger charge is 2.34. The van der Waals surface area contributed by atoms with E-state index >= 15 is 0 Å². The van der Waals surface area contributed by atoms with E-state index in [1.807, 2.05) is 78.9 Å². The fourth-order valence-corrected chi connectivity index (χ4v) is 5.27. The molecule has 0 atom stereocenters. The number of aryl methyl sites for hydroxylation is 1. The zero-order valence-corrected chi connectivity index (χ0v) is 21.1. The summed E-state index contributed by atoms with van der Waals surface area (Å²) in [5, 5.41) is 2.37. The molecule has 1 aliphatic heterocycles. The number of carbonyl (C=O) groups is 2. The average Bonchev–Trinajstić information content (AvgIpc) is 3.17. The molecule has 36 heavy (non-hydrogen) atoms. The Kier molecular flexibility index (Phi) is 7.40. The maximum atomic E-state index is 13.2. The SMILES string of the molecule is O=C1S/C(=C/c2c(OCc3ccccc3Cl)ccc3ccccc23)C(=O)N1CCCc1ccccc1. The van der Waals surface area contributed by atoms with E-state index in [0.29, 0.717) is 28.8 Å². The first-order valence-electron chi connectivity index (χ1n) is 11.8. The van der Waals surface area contributed by atoms with Gasteiger partial charge in [-0.15, -0.1) is 0 Å². The molecule has 4 aromatic rings. The maximum Gasteiger partial charge on any atom is 0.293 e. The summed E-state index contributed by atoms with van der Waals surface area (Å²) in [5.74, 6) is 0.368. The summed E-state index contributed by atoms with van der Waals surface area (Å²) >= 11 is 7.29. The van der Waals surface area contributed by atoms with Crippen LogP contribution >= 0.6 is 23.4 Å². The van der Waals surface area contributed by atoms with Crippen LogP contribution in [0.5, 0.6) is 5.75 Å². The molecular weight excluding hydrogens is 490 g/mol. The van der Waals surface area contributed by atoms with Gasteiger partial charge < -0.3 is 4.74 Å². The molecule has 1 fully saturated rings. The van der Waals surface area contributed by atoms with Crippen LogP contribution in [0, 0.1) is 0 Å². The third kappa shape index (κ3) is 5.32. The summed E-state index contributed by atoms with van der Waals surface area (Å²) < 4.78 is 6.18. The summed E-state index contributed by atoms with van der Waals surface area (Å²) in [6.07, 6.45) is 3.31. The topological polar surface area (TPSA) is 46.6 Å². The first kappa shape index (κ1) is 24.2. The molecule has 1 saturated heterocycles. The molecule has 0 unspecified atom stereocenters. The van der Waals surface area contributed by atoms with E-state index in [1.165, 1.54) is 10.5 Å². The minimum absolute atomic E-state index is 0.238. The van der Waals surface area contributed by atoms with Crippen molar-refractivity contribution in [1.29, 1.82) is 0 Å². The van der Waals surface area contributed by atoms with Crippen molar-refractivity contribution in [3.05, 3.63) is 118 Å². The third-order valence-corrected chi connectivity index (χ3v) is 7.39. The Balaban J connectivity index is 1.39. The van der Waals surface area contributed by atoms with Crippen LogP contribution < -0.4 is 4.74 Å². The summed E-state index contributed by atoms with van der Waals surface area (Å²) in [4.78, 5) is 27.6. The summed E-state index contributed by atoms with van der Waals surface area (Å²) in [6.45, 7) is 0.683. The molecule has 0 radical (unpaired) electrons. The van der Waals surface area contributed by atoms with Crippen LogP contribution in [0.4, 0.5) is 4.79 Å². The molecule has 2 amide bonds. The number of hydrogen-bond donors (Lipinski definition) is 0. The summed E-state index contributed by atoms with van der Waals surface area (Å²) in [6, 6.07) is 29.4. The van der Waals surface area contributed by atoms with Gasteiger partial charge in [-0.25, -0.2) is 0 Å². The minimum Gasteiger partial charge on any atom is -0.488 e. The van der Waals surface area contributed by atoms with Gasteiger partial charge in [-0.2, -0.15) is 0 Å². The molecule has 5 rings (SSSR count). The monoisotopic (exact) mass is 513 g/mol. The van der Waals surface area contributed by atoms with E-state index in [4.69, 9.17) is 16.3 Å². The predicted octanol–water partition coefficient (Wildman–Crippen LogP) is 7.74. The fraction of sp³-hybridized carbons (Fsp3) is 0.133. The van der Waals surface area contributed by atoms with Gasteiger partial charge in [0, 0.05) is 22.7 Å². The molecule has 4 aromatic carbocycles. The van der Waals surface area contributed by atoms with Gasteiger partial charge in [0.1, 0.15) is 12.4 Å². The number of hydrogen-bond acceptors (Lipinski definition) is 4. The van der Waals surface area contributed by atoms with E-state index in [9.17, 15) is 9.59 Å². The van der Waals surface area contributed by atoms with Crippen LogP contribution in [0.2, 0.25) is 5.02 Å². The smallest absolute Gasteiger partial charge is 0.293 e. The van der Waals surface area contributed by atoms with E-state index in [-0.39, 0.29) is 11.1 Å². The second-order valence-corrected chi connectivity index (χ2v) is 9.90. The Bertz CT molecular complexity index is 1450. The van der Waals surface area contributed by atoms with Crippen LogP contribution in [0.3, 0.4) is 0 Å². The summed E-state index contributed by atoms with van der Waals surface area (Å²) in [5.41, 5.74) is 2.84. The van der Waals surface area contributed by atoms with Crippen molar-refractivity contribution < 1.29 is 14.3 Å². The van der Waals surface area contributed by atoms with Crippen molar-refractivity contribution >= 4 is 51.4 Å². The Hall–Kier alpha value is -3.54. The number of ether oxygens (including phenoxy) is 1. The molecule has 4 nitrogen and oxygen atoms in total. The van der Waals surface area contributed by atoms with Gasteiger partial charge in [-0.3, -0.25) is 14.5 Å². The van der Waals surface area contributed by atoms with E-state index in [1.54, 1.807) is 6.08 Å². The normalized spacial score (nSPS) is 14.7. The Morgan fingerprint density at radius 3 is 2.44 bits per heavy atom. The van der Waals surface area contributed by atoms with Crippen LogP contribution in [0.25, 0.3) is 16.8 Å². The first-order valence-corrected chi connectivity index (χ1v) is 13.0. The predicted molar refractivity (Wildman–Crippen MR) is 147 cm³/mol. The Morgan fingerprint density at radius 1 is 0.861 bits per heavy atom. The summed E-state index contributed by atoms with van der Waals surface area (Å²) in [7, 11) is 0. The number of fused-ring (bicyclic) bond motifs is 1. The van der Waals surface area contributed by atoms with Crippen LogP contribution in [0.1, 0.15) is 23.1 Å². The number of nitrogens with zero attached hydrogens (tertiary/aromatic N) is 1. The number of halogens is 1. The van der Waals surface area contributed by atoms with Crippen molar-refractivity contribution in [1.82, 2.24) is 4.90 Å². The zero-order valence-electron chi connectivity index (χ0n) is 19.5. The first-order chi connectivity index (χ1) is 17.6. The quantitative estimate of drug-likeness (QED) is 0.226.